The van der Waals surface area contributed by atoms with Gasteiger partial charge in [-0.05, 0) is 12.1 Å². The van der Waals surface area contributed by atoms with Gasteiger partial charge in [-0.3, -0.25) is 9.59 Å². The van der Waals surface area contributed by atoms with Gasteiger partial charge < -0.3 is 0 Å². The number of benzene rings is 1. The average Bonchev–Trinajstić information content (AvgIpc) is 2.75. The van der Waals surface area contributed by atoms with Gasteiger partial charge in [-0.1, -0.05) is 41.9 Å². The Balaban J connectivity index is 2.27. The molecule has 0 amide bonds. The van der Waals surface area contributed by atoms with Crippen LogP contribution >= 0.6 is 22.9 Å². The lowest BCUT2D eigenvalue weighted by atomic mass is 10.1. The van der Waals surface area contributed by atoms with Crippen molar-refractivity contribution < 1.29 is 9.59 Å². The predicted molar refractivity (Wildman–Crippen MR) is 64.4 cm³/mol. The first-order valence-corrected chi connectivity index (χ1v) is 5.77. The van der Waals surface area contributed by atoms with Gasteiger partial charge in [0.25, 0.3) is 0 Å². The third kappa shape index (κ3) is 2.21. The molecule has 80 valence electrons. The lowest BCUT2D eigenvalue weighted by molar-refractivity contribution is 0.0819. The van der Waals surface area contributed by atoms with Gasteiger partial charge in [0.15, 0.2) is 0 Å². The first-order chi connectivity index (χ1) is 7.68. The van der Waals surface area contributed by atoms with E-state index in [1.165, 1.54) is 0 Å². The summed E-state index contributed by atoms with van der Waals surface area (Å²) in [6.07, 6.45) is 0. The van der Waals surface area contributed by atoms with E-state index in [-0.39, 0.29) is 0 Å². The normalized spacial score (nSPS) is 10.1. The van der Waals surface area contributed by atoms with Crippen LogP contribution in [0.15, 0.2) is 42.5 Å². The summed E-state index contributed by atoms with van der Waals surface area (Å²) in [4.78, 5) is 23.9. The topological polar surface area (TPSA) is 34.1 Å². The van der Waals surface area contributed by atoms with E-state index in [1.807, 2.05) is 0 Å². The molecule has 1 heterocycles. The number of halogens is 1. The van der Waals surface area contributed by atoms with E-state index in [0.29, 0.717) is 14.8 Å². The highest BCUT2D eigenvalue weighted by Gasteiger charge is 2.19. The number of hydrogen-bond acceptors (Lipinski definition) is 3. The molecule has 0 aliphatic heterocycles. The third-order valence-electron chi connectivity index (χ3n) is 2.04. The lowest BCUT2D eigenvalue weighted by Gasteiger charge is -1.96. The van der Waals surface area contributed by atoms with Crippen molar-refractivity contribution in [2.24, 2.45) is 0 Å². The van der Waals surface area contributed by atoms with Gasteiger partial charge in [0.1, 0.15) is 0 Å². The number of ketones is 2. The Labute approximate surface area is 101 Å². The fourth-order valence-electron chi connectivity index (χ4n) is 1.27. The van der Waals surface area contributed by atoms with Crippen LogP contribution in [0.3, 0.4) is 0 Å². The van der Waals surface area contributed by atoms with Crippen molar-refractivity contribution in [2.75, 3.05) is 0 Å². The molecule has 2 nitrogen and oxygen atoms in total. The zero-order valence-corrected chi connectivity index (χ0v) is 9.72. The second-order valence-electron chi connectivity index (χ2n) is 3.13. The van der Waals surface area contributed by atoms with Crippen molar-refractivity contribution in [3.63, 3.8) is 0 Å². The van der Waals surface area contributed by atoms with E-state index in [2.05, 4.69) is 0 Å². The maximum Gasteiger partial charge on any atom is 0.243 e. The molecule has 0 bridgehead atoms. The molecule has 0 aliphatic rings. The minimum Gasteiger partial charge on any atom is -0.285 e. The highest BCUT2D eigenvalue weighted by Crippen LogP contribution is 2.22. The third-order valence-corrected chi connectivity index (χ3v) is 3.27. The van der Waals surface area contributed by atoms with E-state index in [4.69, 9.17) is 11.6 Å². The summed E-state index contributed by atoms with van der Waals surface area (Å²) in [6.45, 7) is 0. The van der Waals surface area contributed by atoms with Crippen LogP contribution in [0.1, 0.15) is 20.0 Å². The number of hydrogen-bond donors (Lipinski definition) is 0. The van der Waals surface area contributed by atoms with Crippen molar-refractivity contribution in [3.05, 3.63) is 57.2 Å². The minimum absolute atomic E-state index is 0.374. The maximum atomic E-state index is 11.8. The van der Waals surface area contributed by atoms with Crippen molar-refractivity contribution in [1.29, 1.82) is 0 Å². The smallest absolute Gasteiger partial charge is 0.243 e. The monoisotopic (exact) mass is 250 g/mol. The molecule has 0 radical (unpaired) electrons. The van der Waals surface area contributed by atoms with Crippen molar-refractivity contribution in [2.45, 2.75) is 0 Å². The van der Waals surface area contributed by atoms with Crippen LogP contribution in [-0.4, -0.2) is 11.6 Å². The number of Topliss-reactive ketones (excluding diaryl/α,β-unsaturated/α-hetero) is 2. The molecule has 0 atom stereocenters. The Kier molecular flexibility index (Phi) is 3.17. The number of carbonyl (C=O) groups is 2. The van der Waals surface area contributed by atoms with Crippen molar-refractivity contribution in [1.82, 2.24) is 0 Å². The minimum atomic E-state index is -0.511. The Morgan fingerprint density at radius 2 is 1.62 bits per heavy atom. The Hall–Kier alpha value is -1.45. The molecule has 2 aromatic rings. The second-order valence-corrected chi connectivity index (χ2v) is 4.84. The molecule has 1 aromatic heterocycles. The number of thiophene rings is 1. The molecular weight excluding hydrogens is 244 g/mol. The van der Waals surface area contributed by atoms with Crippen LogP contribution in [0, 0.1) is 0 Å². The fraction of sp³-hybridized carbons (Fsp3) is 0. The fourth-order valence-corrected chi connectivity index (χ4v) is 2.25. The lowest BCUT2D eigenvalue weighted by Crippen LogP contribution is -2.12. The van der Waals surface area contributed by atoms with Gasteiger partial charge in [0.2, 0.25) is 11.6 Å². The molecule has 16 heavy (non-hydrogen) atoms. The molecule has 0 N–H and O–H groups in total. The van der Waals surface area contributed by atoms with Crippen LogP contribution in [0.5, 0.6) is 0 Å². The molecule has 0 saturated heterocycles. The molecule has 0 fully saturated rings. The highest BCUT2D eigenvalue weighted by atomic mass is 35.5. The van der Waals surface area contributed by atoms with E-state index in [1.54, 1.807) is 42.5 Å². The predicted octanol–water partition coefficient (Wildman–Crippen LogP) is 3.47. The quantitative estimate of drug-likeness (QED) is 0.618. The molecule has 0 spiro atoms. The zero-order chi connectivity index (χ0) is 11.5. The van der Waals surface area contributed by atoms with Gasteiger partial charge in [0, 0.05) is 5.56 Å². The Morgan fingerprint density at radius 1 is 0.938 bits per heavy atom. The second kappa shape index (κ2) is 4.60. The van der Waals surface area contributed by atoms with Crippen LogP contribution in [-0.2, 0) is 0 Å². The molecule has 4 heteroatoms. The number of carbonyl (C=O) groups excluding carboxylic acids is 2. The summed E-state index contributed by atoms with van der Waals surface area (Å²) in [5, 5.41) is 0. The summed E-state index contributed by atoms with van der Waals surface area (Å²) in [5.74, 6) is -1.01. The van der Waals surface area contributed by atoms with E-state index >= 15 is 0 Å². The van der Waals surface area contributed by atoms with E-state index in [0.717, 1.165) is 11.3 Å². The van der Waals surface area contributed by atoms with E-state index < -0.39 is 11.6 Å². The Bertz CT molecular complexity index is 531. The van der Waals surface area contributed by atoms with Crippen molar-refractivity contribution >= 4 is 34.5 Å². The first-order valence-electron chi connectivity index (χ1n) is 4.58. The molecular formula is C12H7ClO2S. The maximum absolute atomic E-state index is 11.8. The molecule has 1 aromatic carbocycles. The summed E-state index contributed by atoms with van der Waals surface area (Å²) < 4.78 is 0.504. The molecule has 0 aliphatic carbocycles. The van der Waals surface area contributed by atoms with Gasteiger partial charge in [-0.2, -0.15) is 0 Å². The Morgan fingerprint density at radius 3 is 2.19 bits per heavy atom. The van der Waals surface area contributed by atoms with Crippen LogP contribution in [0.25, 0.3) is 0 Å². The van der Waals surface area contributed by atoms with E-state index in [9.17, 15) is 9.59 Å². The van der Waals surface area contributed by atoms with Crippen LogP contribution in [0.2, 0.25) is 4.34 Å². The first kappa shape index (κ1) is 11.0. The van der Waals surface area contributed by atoms with Crippen LogP contribution in [0.4, 0.5) is 0 Å². The summed E-state index contributed by atoms with van der Waals surface area (Å²) in [5.41, 5.74) is 0.400. The van der Waals surface area contributed by atoms with Gasteiger partial charge in [0.05, 0.1) is 9.21 Å². The van der Waals surface area contributed by atoms with Crippen molar-refractivity contribution in [3.8, 4) is 0 Å². The van der Waals surface area contributed by atoms with Gasteiger partial charge in [-0.15, -0.1) is 11.3 Å². The number of rotatable bonds is 3. The van der Waals surface area contributed by atoms with Gasteiger partial charge in [-0.25, -0.2) is 0 Å². The average molecular weight is 251 g/mol. The van der Waals surface area contributed by atoms with Gasteiger partial charge >= 0.3 is 0 Å². The summed E-state index contributed by atoms with van der Waals surface area (Å²) >= 11 is 6.82. The van der Waals surface area contributed by atoms with Crippen LogP contribution < -0.4 is 0 Å². The largest absolute Gasteiger partial charge is 0.285 e. The standard InChI is InChI=1S/C12H7ClO2S/c13-10-7-6-9(16-10)12(15)11(14)8-4-2-1-3-5-8/h1-7H. The molecule has 0 saturated carbocycles. The summed E-state index contributed by atoms with van der Waals surface area (Å²) in [6, 6.07) is 11.7. The molecule has 0 unspecified atom stereocenters. The SMILES string of the molecule is O=C(C(=O)c1ccc(Cl)s1)c1ccccc1. The molecule has 2 rings (SSSR count). The zero-order valence-electron chi connectivity index (χ0n) is 8.14. The summed E-state index contributed by atoms with van der Waals surface area (Å²) in [7, 11) is 0. The highest BCUT2D eigenvalue weighted by molar-refractivity contribution is 7.18.